The van der Waals surface area contributed by atoms with Gasteiger partial charge in [-0.15, -0.1) is 0 Å². The molecule has 0 aliphatic heterocycles. The monoisotopic (exact) mass is 257 g/mol. The van der Waals surface area contributed by atoms with Crippen LogP contribution in [0.4, 0.5) is 5.82 Å². The van der Waals surface area contributed by atoms with Crippen LogP contribution in [0.15, 0.2) is 30.7 Å². The van der Waals surface area contributed by atoms with Gasteiger partial charge >= 0.3 is 0 Å². The lowest BCUT2D eigenvalue weighted by atomic mass is 10.1. The summed E-state index contributed by atoms with van der Waals surface area (Å²) in [7, 11) is 0. The molecule has 0 fully saturated rings. The van der Waals surface area contributed by atoms with Crippen LogP contribution in [-0.4, -0.2) is 21.5 Å². The van der Waals surface area contributed by atoms with Crippen molar-refractivity contribution in [3.05, 3.63) is 47.7 Å². The lowest BCUT2D eigenvalue weighted by Crippen LogP contribution is -2.25. The standard InChI is InChI=1S/C14H19N5/c1-3-16-12(14-18-8-10(2)9-19-14)6-11-4-5-17-13(15)7-11/h4-5,7-9,12,16H,3,6H2,1-2H3,(H2,15,17). The third-order valence-electron chi connectivity index (χ3n) is 2.85. The van der Waals surface area contributed by atoms with E-state index in [1.165, 1.54) is 0 Å². The Morgan fingerprint density at radius 2 is 2.00 bits per heavy atom. The number of nitrogens with two attached hydrogens (primary N) is 1. The molecule has 0 amide bonds. The summed E-state index contributed by atoms with van der Waals surface area (Å²) < 4.78 is 0. The second kappa shape index (κ2) is 6.24. The van der Waals surface area contributed by atoms with Crippen LogP contribution >= 0.6 is 0 Å². The van der Waals surface area contributed by atoms with E-state index < -0.39 is 0 Å². The molecule has 0 aliphatic rings. The zero-order valence-electron chi connectivity index (χ0n) is 11.3. The smallest absolute Gasteiger partial charge is 0.145 e. The van der Waals surface area contributed by atoms with Gasteiger partial charge in [0.15, 0.2) is 0 Å². The number of nitrogen functional groups attached to an aromatic ring is 1. The zero-order valence-corrected chi connectivity index (χ0v) is 11.3. The van der Waals surface area contributed by atoms with E-state index in [9.17, 15) is 0 Å². The molecule has 5 nitrogen and oxygen atoms in total. The first-order valence-electron chi connectivity index (χ1n) is 6.41. The van der Waals surface area contributed by atoms with Crippen molar-refractivity contribution in [1.29, 1.82) is 0 Å². The minimum atomic E-state index is 0.0902. The first-order chi connectivity index (χ1) is 9.19. The highest BCUT2D eigenvalue weighted by molar-refractivity contribution is 5.32. The number of likely N-dealkylation sites (N-methyl/N-ethyl adjacent to an activating group) is 1. The maximum atomic E-state index is 5.70. The number of hydrogen-bond acceptors (Lipinski definition) is 5. The molecule has 1 unspecified atom stereocenters. The molecule has 0 saturated carbocycles. The minimum absolute atomic E-state index is 0.0902. The minimum Gasteiger partial charge on any atom is -0.384 e. The Hall–Kier alpha value is -2.01. The molecule has 0 aromatic carbocycles. The van der Waals surface area contributed by atoms with Crippen molar-refractivity contribution in [3.8, 4) is 0 Å². The molecule has 0 aliphatic carbocycles. The van der Waals surface area contributed by atoms with E-state index in [4.69, 9.17) is 5.73 Å². The van der Waals surface area contributed by atoms with E-state index >= 15 is 0 Å². The van der Waals surface area contributed by atoms with Gasteiger partial charge in [0.25, 0.3) is 0 Å². The first-order valence-corrected chi connectivity index (χ1v) is 6.41. The summed E-state index contributed by atoms with van der Waals surface area (Å²) in [5.74, 6) is 1.35. The van der Waals surface area contributed by atoms with Gasteiger partial charge in [0, 0.05) is 18.6 Å². The van der Waals surface area contributed by atoms with Crippen molar-refractivity contribution in [1.82, 2.24) is 20.3 Å². The molecule has 2 aromatic rings. The molecular weight excluding hydrogens is 238 g/mol. The van der Waals surface area contributed by atoms with Gasteiger partial charge < -0.3 is 11.1 Å². The predicted molar refractivity (Wildman–Crippen MR) is 75.5 cm³/mol. The second-order valence-electron chi connectivity index (χ2n) is 4.52. The zero-order chi connectivity index (χ0) is 13.7. The maximum Gasteiger partial charge on any atom is 0.145 e. The van der Waals surface area contributed by atoms with Crippen LogP contribution in [0.5, 0.6) is 0 Å². The van der Waals surface area contributed by atoms with E-state index in [2.05, 4.69) is 27.2 Å². The fourth-order valence-corrected chi connectivity index (χ4v) is 1.94. The highest BCUT2D eigenvalue weighted by Crippen LogP contribution is 2.15. The van der Waals surface area contributed by atoms with Gasteiger partial charge in [-0.25, -0.2) is 15.0 Å². The topological polar surface area (TPSA) is 76.7 Å². The molecule has 2 aromatic heterocycles. The Labute approximate surface area is 113 Å². The molecule has 0 radical (unpaired) electrons. The Morgan fingerprint density at radius 1 is 1.26 bits per heavy atom. The van der Waals surface area contributed by atoms with Crippen LogP contribution < -0.4 is 11.1 Å². The molecule has 2 rings (SSSR count). The van der Waals surface area contributed by atoms with Crippen molar-refractivity contribution in [3.63, 3.8) is 0 Å². The average molecular weight is 257 g/mol. The number of anilines is 1. The van der Waals surface area contributed by atoms with E-state index in [0.717, 1.165) is 29.9 Å². The normalized spacial score (nSPS) is 12.3. The van der Waals surface area contributed by atoms with Crippen molar-refractivity contribution in [2.45, 2.75) is 26.3 Å². The van der Waals surface area contributed by atoms with E-state index in [-0.39, 0.29) is 6.04 Å². The van der Waals surface area contributed by atoms with Crippen LogP contribution in [0.3, 0.4) is 0 Å². The molecule has 0 spiro atoms. The molecule has 1 atom stereocenters. The van der Waals surface area contributed by atoms with E-state index in [1.54, 1.807) is 6.20 Å². The fourth-order valence-electron chi connectivity index (χ4n) is 1.94. The summed E-state index contributed by atoms with van der Waals surface area (Å²) in [5, 5.41) is 3.40. The van der Waals surface area contributed by atoms with Gasteiger partial charge in [0.1, 0.15) is 11.6 Å². The van der Waals surface area contributed by atoms with Crippen LogP contribution in [0.1, 0.15) is 29.9 Å². The number of rotatable bonds is 5. The van der Waals surface area contributed by atoms with Crippen LogP contribution in [-0.2, 0) is 6.42 Å². The summed E-state index contributed by atoms with van der Waals surface area (Å²) in [6, 6.07) is 3.94. The van der Waals surface area contributed by atoms with Gasteiger partial charge in [-0.2, -0.15) is 0 Å². The van der Waals surface area contributed by atoms with Gasteiger partial charge in [-0.3, -0.25) is 0 Å². The van der Waals surface area contributed by atoms with Gasteiger partial charge in [-0.1, -0.05) is 6.92 Å². The Morgan fingerprint density at radius 3 is 2.63 bits per heavy atom. The number of hydrogen-bond donors (Lipinski definition) is 2. The summed E-state index contributed by atoms with van der Waals surface area (Å²) in [6.45, 7) is 4.92. The molecule has 5 heteroatoms. The lowest BCUT2D eigenvalue weighted by Gasteiger charge is -2.16. The molecule has 3 N–H and O–H groups in total. The van der Waals surface area contributed by atoms with E-state index in [1.807, 2.05) is 31.5 Å². The maximum absolute atomic E-state index is 5.70. The highest BCUT2D eigenvalue weighted by atomic mass is 15.0. The number of nitrogens with zero attached hydrogens (tertiary/aromatic N) is 3. The molecule has 0 bridgehead atoms. The number of nitrogens with one attached hydrogen (secondary N) is 1. The lowest BCUT2D eigenvalue weighted by molar-refractivity contribution is 0.521. The quantitative estimate of drug-likeness (QED) is 0.851. The Bertz CT molecular complexity index is 524. The number of aromatic nitrogens is 3. The average Bonchev–Trinajstić information content (AvgIpc) is 2.39. The van der Waals surface area contributed by atoms with Gasteiger partial charge in [-0.05, 0) is 43.1 Å². The van der Waals surface area contributed by atoms with E-state index in [0.29, 0.717) is 5.82 Å². The third-order valence-corrected chi connectivity index (χ3v) is 2.85. The summed E-state index contributed by atoms with van der Waals surface area (Å²) in [4.78, 5) is 12.8. The molecule has 19 heavy (non-hydrogen) atoms. The van der Waals surface area contributed by atoms with Crippen molar-refractivity contribution in [2.24, 2.45) is 0 Å². The summed E-state index contributed by atoms with van der Waals surface area (Å²) in [5.41, 5.74) is 7.89. The second-order valence-corrected chi connectivity index (χ2v) is 4.52. The highest BCUT2D eigenvalue weighted by Gasteiger charge is 2.14. The van der Waals surface area contributed by atoms with Gasteiger partial charge in [0.2, 0.25) is 0 Å². The summed E-state index contributed by atoms with van der Waals surface area (Å²) in [6.07, 6.45) is 6.20. The van der Waals surface area contributed by atoms with Gasteiger partial charge in [0.05, 0.1) is 6.04 Å². The Balaban J connectivity index is 2.18. The van der Waals surface area contributed by atoms with Crippen LogP contribution in [0.2, 0.25) is 0 Å². The molecule has 2 heterocycles. The Kier molecular flexibility index (Phi) is 4.41. The SMILES string of the molecule is CCNC(Cc1ccnc(N)c1)c1ncc(C)cn1. The van der Waals surface area contributed by atoms with Crippen LogP contribution in [0.25, 0.3) is 0 Å². The van der Waals surface area contributed by atoms with Crippen LogP contribution in [0, 0.1) is 6.92 Å². The molecule has 0 saturated heterocycles. The van der Waals surface area contributed by atoms with Crippen molar-refractivity contribution < 1.29 is 0 Å². The largest absolute Gasteiger partial charge is 0.384 e. The number of pyridine rings is 1. The number of aryl methyl sites for hydroxylation is 1. The first kappa shape index (κ1) is 13.4. The van der Waals surface area contributed by atoms with Crippen molar-refractivity contribution in [2.75, 3.05) is 12.3 Å². The summed E-state index contributed by atoms with van der Waals surface area (Å²) >= 11 is 0. The fraction of sp³-hybridized carbons (Fsp3) is 0.357. The van der Waals surface area contributed by atoms with Crippen molar-refractivity contribution >= 4 is 5.82 Å². The third kappa shape index (κ3) is 3.72. The predicted octanol–water partition coefficient (Wildman–Crippen LogP) is 1.66. The molecular formula is C14H19N5. The molecule has 100 valence electrons.